The van der Waals surface area contributed by atoms with Crippen molar-refractivity contribution in [3.05, 3.63) is 35.9 Å². The maximum Gasteiger partial charge on any atom is 0.0119 e. The summed E-state index contributed by atoms with van der Waals surface area (Å²) in [6.45, 7) is 6.30. The summed E-state index contributed by atoms with van der Waals surface area (Å²) >= 11 is 0. The van der Waals surface area contributed by atoms with Gasteiger partial charge in [0.2, 0.25) is 0 Å². The lowest BCUT2D eigenvalue weighted by atomic mass is 9.97. The molecule has 2 aliphatic heterocycles. The summed E-state index contributed by atoms with van der Waals surface area (Å²) in [5.41, 5.74) is 1.47. The first-order valence-corrected chi connectivity index (χ1v) is 9.39. The zero-order valence-electron chi connectivity index (χ0n) is 15.0. The molecule has 0 N–H and O–H groups in total. The van der Waals surface area contributed by atoms with Crippen molar-refractivity contribution in [3.63, 3.8) is 0 Å². The lowest BCUT2D eigenvalue weighted by Gasteiger charge is -2.43. The number of nitrogens with zero attached hydrogens (tertiary/aromatic N) is 3. The predicted octanol–water partition coefficient (Wildman–Crippen LogP) is 2.72. The van der Waals surface area contributed by atoms with E-state index in [2.05, 4.69) is 59.1 Å². The van der Waals surface area contributed by atoms with Crippen LogP contribution < -0.4 is 0 Å². The molecule has 1 aromatic carbocycles. The first-order valence-electron chi connectivity index (χ1n) is 9.39. The van der Waals surface area contributed by atoms with E-state index in [0.717, 1.165) is 12.1 Å². The second-order valence-electron chi connectivity index (χ2n) is 7.51. The topological polar surface area (TPSA) is 9.72 Å². The van der Waals surface area contributed by atoms with Crippen molar-refractivity contribution in [1.29, 1.82) is 0 Å². The van der Waals surface area contributed by atoms with Crippen molar-refractivity contribution in [2.45, 2.75) is 44.2 Å². The van der Waals surface area contributed by atoms with Crippen LogP contribution >= 0.6 is 0 Å². The fourth-order valence-corrected chi connectivity index (χ4v) is 4.18. The average Bonchev–Trinajstić information content (AvgIpc) is 2.61. The molecule has 0 saturated carbocycles. The monoisotopic (exact) mass is 315 g/mol. The van der Waals surface area contributed by atoms with Crippen molar-refractivity contribution in [2.75, 3.05) is 46.8 Å². The van der Waals surface area contributed by atoms with Crippen molar-refractivity contribution in [3.8, 4) is 0 Å². The third-order valence-electron chi connectivity index (χ3n) is 5.96. The molecule has 2 aliphatic rings. The lowest BCUT2D eigenvalue weighted by Crippen LogP contribution is -2.50. The Balaban J connectivity index is 1.39. The summed E-state index contributed by atoms with van der Waals surface area (Å²) in [5, 5.41) is 0. The van der Waals surface area contributed by atoms with Gasteiger partial charge in [-0.25, -0.2) is 0 Å². The Morgan fingerprint density at radius 2 is 1.48 bits per heavy atom. The predicted molar refractivity (Wildman–Crippen MR) is 97.9 cm³/mol. The Morgan fingerprint density at radius 3 is 2.09 bits per heavy atom. The van der Waals surface area contributed by atoms with Gasteiger partial charge in [0.1, 0.15) is 0 Å². The van der Waals surface area contributed by atoms with Gasteiger partial charge >= 0.3 is 0 Å². The van der Waals surface area contributed by atoms with Gasteiger partial charge in [-0.2, -0.15) is 0 Å². The van der Waals surface area contributed by atoms with Crippen LogP contribution in [0.2, 0.25) is 0 Å². The van der Waals surface area contributed by atoms with Gasteiger partial charge < -0.3 is 14.7 Å². The van der Waals surface area contributed by atoms with E-state index in [1.165, 1.54) is 70.4 Å². The van der Waals surface area contributed by atoms with Gasteiger partial charge in [0.05, 0.1) is 0 Å². The van der Waals surface area contributed by atoms with E-state index in [4.69, 9.17) is 0 Å². The van der Waals surface area contributed by atoms with E-state index in [1.54, 1.807) is 0 Å². The Bertz CT molecular complexity index is 445. The van der Waals surface area contributed by atoms with Crippen LogP contribution in [0, 0.1) is 0 Å². The normalized spacial score (nSPS) is 22.7. The Kier molecular flexibility index (Phi) is 6.09. The number of rotatable bonds is 5. The molecular formula is C20H33N3. The third kappa shape index (κ3) is 4.79. The Labute approximate surface area is 142 Å². The minimum absolute atomic E-state index is 0.802. The average molecular weight is 316 g/mol. The summed E-state index contributed by atoms with van der Waals surface area (Å²) in [4.78, 5) is 7.84. The van der Waals surface area contributed by atoms with Crippen LogP contribution in [0.4, 0.5) is 0 Å². The molecule has 0 radical (unpaired) electrons. The van der Waals surface area contributed by atoms with Gasteiger partial charge in [0.25, 0.3) is 0 Å². The maximum absolute atomic E-state index is 2.71. The standard InChI is InChI=1S/C20H33N3/c1-21-13-9-19(10-14-21)22(2)20-11-16-23(17-12-20)15-8-18-6-4-3-5-7-18/h3-7,19-20H,8-17H2,1-2H3. The molecule has 23 heavy (non-hydrogen) atoms. The summed E-state index contributed by atoms with van der Waals surface area (Å²) in [5.74, 6) is 0. The molecule has 1 aromatic rings. The Hall–Kier alpha value is -0.900. The molecule has 3 nitrogen and oxygen atoms in total. The summed E-state index contributed by atoms with van der Waals surface area (Å²) < 4.78 is 0. The molecule has 0 spiro atoms. The summed E-state index contributed by atoms with van der Waals surface area (Å²) in [7, 11) is 4.63. The SMILES string of the molecule is CN1CCC(N(C)C2CCN(CCc3ccccc3)CC2)CC1. The minimum Gasteiger partial charge on any atom is -0.306 e. The molecule has 0 bridgehead atoms. The maximum atomic E-state index is 2.71. The number of likely N-dealkylation sites (tertiary alicyclic amines) is 2. The quantitative estimate of drug-likeness (QED) is 0.827. The van der Waals surface area contributed by atoms with Gasteiger partial charge in [-0.15, -0.1) is 0 Å². The molecule has 2 saturated heterocycles. The third-order valence-corrected chi connectivity index (χ3v) is 5.96. The van der Waals surface area contributed by atoms with Crippen molar-refractivity contribution >= 4 is 0 Å². The largest absolute Gasteiger partial charge is 0.306 e. The van der Waals surface area contributed by atoms with E-state index >= 15 is 0 Å². The second kappa shape index (κ2) is 8.27. The van der Waals surface area contributed by atoms with Gasteiger partial charge in [0, 0.05) is 18.6 Å². The summed E-state index contributed by atoms with van der Waals surface area (Å²) in [6, 6.07) is 12.5. The molecule has 0 aromatic heterocycles. The second-order valence-corrected chi connectivity index (χ2v) is 7.51. The van der Waals surface area contributed by atoms with Crippen LogP contribution in [-0.2, 0) is 6.42 Å². The first-order chi connectivity index (χ1) is 11.2. The molecular weight excluding hydrogens is 282 g/mol. The summed E-state index contributed by atoms with van der Waals surface area (Å²) in [6.07, 6.45) is 6.58. The highest BCUT2D eigenvalue weighted by atomic mass is 15.2. The van der Waals surface area contributed by atoms with E-state index in [9.17, 15) is 0 Å². The number of piperidine rings is 2. The molecule has 0 atom stereocenters. The van der Waals surface area contributed by atoms with E-state index < -0.39 is 0 Å². The van der Waals surface area contributed by atoms with Crippen LogP contribution in [-0.4, -0.2) is 73.6 Å². The van der Waals surface area contributed by atoms with Crippen molar-refractivity contribution in [1.82, 2.24) is 14.7 Å². The first kappa shape index (κ1) is 16.9. The van der Waals surface area contributed by atoms with Crippen LogP contribution in [0.3, 0.4) is 0 Å². The lowest BCUT2D eigenvalue weighted by molar-refractivity contribution is 0.0665. The molecule has 2 fully saturated rings. The van der Waals surface area contributed by atoms with Crippen LogP contribution in [0.5, 0.6) is 0 Å². The molecule has 0 aliphatic carbocycles. The molecule has 3 rings (SSSR count). The van der Waals surface area contributed by atoms with Crippen molar-refractivity contribution in [2.24, 2.45) is 0 Å². The zero-order valence-corrected chi connectivity index (χ0v) is 15.0. The molecule has 128 valence electrons. The van der Waals surface area contributed by atoms with E-state index in [-0.39, 0.29) is 0 Å². The highest BCUT2D eigenvalue weighted by molar-refractivity contribution is 5.14. The van der Waals surface area contributed by atoms with Gasteiger partial charge in [-0.05, 0) is 77.9 Å². The molecule has 3 heteroatoms. The van der Waals surface area contributed by atoms with Gasteiger partial charge in [-0.1, -0.05) is 30.3 Å². The van der Waals surface area contributed by atoms with Crippen LogP contribution in [0.25, 0.3) is 0 Å². The fraction of sp³-hybridized carbons (Fsp3) is 0.700. The highest BCUT2D eigenvalue weighted by Crippen LogP contribution is 2.22. The van der Waals surface area contributed by atoms with Crippen molar-refractivity contribution < 1.29 is 0 Å². The van der Waals surface area contributed by atoms with Gasteiger partial charge in [-0.3, -0.25) is 0 Å². The molecule has 0 unspecified atom stereocenters. The number of benzene rings is 1. The minimum atomic E-state index is 0.802. The number of hydrogen-bond acceptors (Lipinski definition) is 3. The number of hydrogen-bond donors (Lipinski definition) is 0. The zero-order chi connectivity index (χ0) is 16.1. The fourth-order valence-electron chi connectivity index (χ4n) is 4.18. The van der Waals surface area contributed by atoms with Gasteiger partial charge in [0.15, 0.2) is 0 Å². The van der Waals surface area contributed by atoms with Crippen LogP contribution in [0.1, 0.15) is 31.2 Å². The van der Waals surface area contributed by atoms with E-state index in [0.29, 0.717) is 0 Å². The van der Waals surface area contributed by atoms with E-state index in [1.807, 2.05) is 0 Å². The highest BCUT2D eigenvalue weighted by Gasteiger charge is 2.28. The molecule has 0 amide bonds. The Morgan fingerprint density at radius 1 is 0.913 bits per heavy atom. The smallest absolute Gasteiger partial charge is 0.0119 e. The molecule has 2 heterocycles. The van der Waals surface area contributed by atoms with Crippen LogP contribution in [0.15, 0.2) is 30.3 Å².